The zero-order valence-corrected chi connectivity index (χ0v) is 13.1. The minimum atomic E-state index is -4.23. The Morgan fingerprint density at radius 2 is 1.23 bits per heavy atom. The molecule has 0 aliphatic heterocycles. The smallest absolute Gasteiger partial charge is 0.341 e. The maximum atomic E-state index is 12.3. The number of benzene rings is 2. The van der Waals surface area contributed by atoms with Crippen molar-refractivity contribution in [2.75, 3.05) is 0 Å². The summed E-state index contributed by atoms with van der Waals surface area (Å²) in [6.45, 7) is 0.964. The SMILES string of the molecule is CC(=O)OS(=O)(=O)c1ccc(S(=O)(=O)c2ccccc2)cc1. The van der Waals surface area contributed by atoms with E-state index in [4.69, 9.17) is 0 Å². The van der Waals surface area contributed by atoms with E-state index >= 15 is 0 Å². The molecule has 0 saturated carbocycles. The third-order valence-electron chi connectivity index (χ3n) is 2.70. The number of rotatable bonds is 4. The second-order valence-corrected chi connectivity index (χ2v) is 7.81. The number of sulfone groups is 1. The van der Waals surface area contributed by atoms with Crippen molar-refractivity contribution < 1.29 is 25.8 Å². The summed E-state index contributed by atoms with van der Waals surface area (Å²) >= 11 is 0. The predicted molar refractivity (Wildman–Crippen MR) is 77.3 cm³/mol. The maximum absolute atomic E-state index is 12.3. The van der Waals surface area contributed by atoms with E-state index in [2.05, 4.69) is 4.18 Å². The fourth-order valence-electron chi connectivity index (χ4n) is 1.72. The summed E-state index contributed by atoms with van der Waals surface area (Å²) in [6.07, 6.45) is 0. The molecule has 2 rings (SSSR count). The molecule has 0 saturated heterocycles. The Balaban J connectivity index is 2.40. The summed E-state index contributed by atoms with van der Waals surface area (Å²) in [5.74, 6) is -0.971. The van der Waals surface area contributed by atoms with Crippen LogP contribution in [0.4, 0.5) is 0 Å². The highest BCUT2D eigenvalue weighted by molar-refractivity contribution is 7.91. The van der Waals surface area contributed by atoms with Gasteiger partial charge in [0.25, 0.3) is 0 Å². The molecule has 116 valence electrons. The van der Waals surface area contributed by atoms with Crippen LogP contribution >= 0.6 is 0 Å². The van der Waals surface area contributed by atoms with Gasteiger partial charge in [-0.15, -0.1) is 0 Å². The number of carbonyl (C=O) groups excluding carboxylic acids is 1. The fourth-order valence-corrected chi connectivity index (χ4v) is 3.88. The van der Waals surface area contributed by atoms with Crippen LogP contribution in [0.15, 0.2) is 69.3 Å². The Morgan fingerprint density at radius 3 is 1.73 bits per heavy atom. The van der Waals surface area contributed by atoms with Crippen molar-refractivity contribution >= 4 is 25.9 Å². The van der Waals surface area contributed by atoms with E-state index in [1.165, 1.54) is 12.1 Å². The Bertz CT molecular complexity index is 882. The van der Waals surface area contributed by atoms with Crippen molar-refractivity contribution in [2.45, 2.75) is 21.6 Å². The lowest BCUT2D eigenvalue weighted by Gasteiger charge is -2.06. The quantitative estimate of drug-likeness (QED) is 0.787. The Morgan fingerprint density at radius 1 is 0.773 bits per heavy atom. The molecule has 0 radical (unpaired) electrons. The van der Waals surface area contributed by atoms with Crippen LogP contribution < -0.4 is 0 Å². The molecule has 0 N–H and O–H groups in total. The van der Waals surface area contributed by atoms with Crippen LogP contribution in [0.3, 0.4) is 0 Å². The topological polar surface area (TPSA) is 94.6 Å². The van der Waals surface area contributed by atoms with Gasteiger partial charge in [-0.1, -0.05) is 18.2 Å². The van der Waals surface area contributed by atoms with Gasteiger partial charge in [-0.05, 0) is 36.4 Å². The molecule has 2 aromatic rings. The molecule has 0 bridgehead atoms. The first-order chi connectivity index (χ1) is 10.2. The molecular formula is C14H12O6S2. The Labute approximate surface area is 128 Å². The summed E-state index contributed by atoms with van der Waals surface area (Å²) in [5.41, 5.74) is 0. The van der Waals surface area contributed by atoms with E-state index in [1.807, 2.05) is 0 Å². The van der Waals surface area contributed by atoms with Gasteiger partial charge in [-0.2, -0.15) is 8.42 Å². The second kappa shape index (κ2) is 5.90. The van der Waals surface area contributed by atoms with Crippen LogP contribution in [0.1, 0.15) is 6.92 Å². The lowest BCUT2D eigenvalue weighted by atomic mass is 10.4. The lowest BCUT2D eigenvalue weighted by Crippen LogP contribution is -2.10. The molecule has 0 aliphatic rings. The van der Waals surface area contributed by atoms with Crippen molar-refractivity contribution in [1.82, 2.24) is 0 Å². The van der Waals surface area contributed by atoms with Gasteiger partial charge in [0, 0.05) is 6.92 Å². The van der Waals surface area contributed by atoms with Crippen LogP contribution in [0.25, 0.3) is 0 Å². The lowest BCUT2D eigenvalue weighted by molar-refractivity contribution is -0.131. The molecule has 8 heteroatoms. The summed E-state index contributed by atoms with van der Waals surface area (Å²) in [7, 11) is -7.96. The monoisotopic (exact) mass is 340 g/mol. The van der Waals surface area contributed by atoms with Crippen molar-refractivity contribution in [2.24, 2.45) is 0 Å². The first-order valence-corrected chi connectivity index (χ1v) is 8.98. The minimum absolute atomic E-state index is 0.0551. The molecule has 0 spiro atoms. The van der Waals surface area contributed by atoms with Crippen LogP contribution in [0.2, 0.25) is 0 Å². The summed E-state index contributed by atoms with van der Waals surface area (Å²) in [4.78, 5) is 10.5. The van der Waals surface area contributed by atoms with Gasteiger partial charge in [-0.3, -0.25) is 4.79 Å². The first kappa shape index (κ1) is 16.2. The van der Waals surface area contributed by atoms with E-state index in [0.29, 0.717) is 0 Å². The average molecular weight is 340 g/mol. The van der Waals surface area contributed by atoms with Crippen LogP contribution in [0, 0.1) is 0 Å². The van der Waals surface area contributed by atoms with Gasteiger partial charge in [-0.25, -0.2) is 8.42 Å². The fraction of sp³-hybridized carbons (Fsp3) is 0.0714. The first-order valence-electron chi connectivity index (χ1n) is 6.09. The third-order valence-corrected chi connectivity index (χ3v) is 5.79. The summed E-state index contributed by atoms with van der Waals surface area (Å²) in [6, 6.07) is 12.2. The highest BCUT2D eigenvalue weighted by Gasteiger charge is 2.21. The molecular weight excluding hydrogens is 328 g/mol. The largest absolute Gasteiger partial charge is 0.343 e. The van der Waals surface area contributed by atoms with Gasteiger partial charge >= 0.3 is 16.1 Å². The van der Waals surface area contributed by atoms with E-state index < -0.39 is 25.9 Å². The highest BCUT2D eigenvalue weighted by atomic mass is 32.2. The van der Waals surface area contributed by atoms with Crippen molar-refractivity contribution in [3.8, 4) is 0 Å². The molecule has 0 atom stereocenters. The van der Waals surface area contributed by atoms with Crippen LogP contribution in [0.5, 0.6) is 0 Å². The van der Waals surface area contributed by atoms with Crippen molar-refractivity contribution in [3.63, 3.8) is 0 Å². The van der Waals surface area contributed by atoms with Crippen LogP contribution in [-0.4, -0.2) is 22.8 Å². The van der Waals surface area contributed by atoms with Crippen LogP contribution in [-0.2, 0) is 28.9 Å². The van der Waals surface area contributed by atoms with E-state index in [9.17, 15) is 21.6 Å². The van der Waals surface area contributed by atoms with Crippen molar-refractivity contribution in [1.29, 1.82) is 0 Å². The van der Waals surface area contributed by atoms with Gasteiger partial charge < -0.3 is 4.18 Å². The molecule has 6 nitrogen and oxygen atoms in total. The molecule has 2 aromatic carbocycles. The van der Waals surface area contributed by atoms with Gasteiger partial charge in [0.15, 0.2) is 0 Å². The molecule has 0 amide bonds. The number of carbonyl (C=O) groups is 1. The number of hydrogen-bond donors (Lipinski definition) is 0. The van der Waals surface area contributed by atoms with E-state index in [0.717, 1.165) is 31.2 Å². The number of hydrogen-bond acceptors (Lipinski definition) is 6. The second-order valence-electron chi connectivity index (χ2n) is 4.32. The standard InChI is InChI=1S/C14H12O6S2/c1-11(15)20-22(18,19)14-9-7-13(8-10-14)21(16,17)12-5-3-2-4-6-12/h2-10H,1H3. The zero-order valence-electron chi connectivity index (χ0n) is 11.5. The van der Waals surface area contributed by atoms with E-state index in [-0.39, 0.29) is 14.7 Å². The molecule has 0 unspecified atom stereocenters. The Kier molecular flexibility index (Phi) is 4.34. The Hall–Kier alpha value is -2.19. The molecule has 22 heavy (non-hydrogen) atoms. The van der Waals surface area contributed by atoms with Gasteiger partial charge in [0.2, 0.25) is 9.84 Å². The third kappa shape index (κ3) is 3.34. The highest BCUT2D eigenvalue weighted by Crippen LogP contribution is 2.22. The molecule has 0 aliphatic carbocycles. The van der Waals surface area contributed by atoms with Gasteiger partial charge in [0.05, 0.1) is 9.79 Å². The zero-order chi connectivity index (χ0) is 16.4. The maximum Gasteiger partial charge on any atom is 0.341 e. The molecule has 0 heterocycles. The summed E-state index contributed by atoms with van der Waals surface area (Å²) < 4.78 is 52.3. The molecule has 0 aromatic heterocycles. The molecule has 0 fully saturated rings. The van der Waals surface area contributed by atoms with E-state index in [1.54, 1.807) is 18.2 Å². The predicted octanol–water partition coefficient (Wildman–Crippen LogP) is 1.77. The minimum Gasteiger partial charge on any atom is -0.343 e. The average Bonchev–Trinajstić information content (AvgIpc) is 2.47. The van der Waals surface area contributed by atoms with Crippen molar-refractivity contribution in [3.05, 3.63) is 54.6 Å². The van der Waals surface area contributed by atoms with Gasteiger partial charge in [0.1, 0.15) is 4.90 Å². The normalized spacial score (nSPS) is 11.9. The summed E-state index contributed by atoms with van der Waals surface area (Å²) in [5, 5.41) is 0.